The fraction of sp³-hybridized carbons (Fsp3) is 0.667. The van der Waals surface area contributed by atoms with Crippen LogP contribution in [-0.4, -0.2) is 30.8 Å². The van der Waals surface area contributed by atoms with Gasteiger partial charge in [0.15, 0.2) is 0 Å². The van der Waals surface area contributed by atoms with Crippen molar-refractivity contribution in [2.24, 2.45) is 11.8 Å². The van der Waals surface area contributed by atoms with Crippen molar-refractivity contribution in [3.05, 3.63) is 24.2 Å². The van der Waals surface area contributed by atoms with Crippen LogP contribution in [0.4, 0.5) is 0 Å². The van der Waals surface area contributed by atoms with Gasteiger partial charge in [0.1, 0.15) is 11.4 Å². The van der Waals surface area contributed by atoms with Gasteiger partial charge in [-0.2, -0.15) is 0 Å². The first kappa shape index (κ1) is 15.1. The van der Waals surface area contributed by atoms with Gasteiger partial charge < -0.3 is 19.6 Å². The third kappa shape index (κ3) is 3.61. The second-order valence-electron chi connectivity index (χ2n) is 5.71. The zero-order valence-corrected chi connectivity index (χ0v) is 12.1. The summed E-state index contributed by atoms with van der Waals surface area (Å²) < 4.78 is 10.5. The maximum absolute atomic E-state index is 12.2. The molecular formula is C15H23NO4. The van der Waals surface area contributed by atoms with Crippen LogP contribution in [0.2, 0.25) is 0 Å². The molecule has 0 aliphatic carbocycles. The molecule has 1 aromatic rings. The minimum absolute atomic E-state index is 0.0243. The van der Waals surface area contributed by atoms with Gasteiger partial charge >= 0.3 is 0 Å². The van der Waals surface area contributed by atoms with Crippen molar-refractivity contribution in [2.45, 2.75) is 32.3 Å². The maximum Gasteiger partial charge on any atom is 0.223 e. The molecule has 1 aliphatic rings. The molecule has 1 aromatic heterocycles. The van der Waals surface area contributed by atoms with Crippen LogP contribution in [0.1, 0.15) is 32.4 Å². The molecule has 1 saturated heterocycles. The molecule has 5 nitrogen and oxygen atoms in total. The Bertz CT molecular complexity index is 421. The molecule has 112 valence electrons. The van der Waals surface area contributed by atoms with Gasteiger partial charge in [-0.05, 0) is 37.8 Å². The number of hydrogen-bond acceptors (Lipinski definition) is 4. The highest BCUT2D eigenvalue weighted by molar-refractivity contribution is 5.78. The van der Waals surface area contributed by atoms with E-state index in [4.69, 9.17) is 9.15 Å². The third-order valence-electron chi connectivity index (χ3n) is 4.05. The van der Waals surface area contributed by atoms with E-state index in [1.807, 2.05) is 6.92 Å². The van der Waals surface area contributed by atoms with Gasteiger partial charge in [-0.15, -0.1) is 0 Å². The number of rotatable bonds is 5. The summed E-state index contributed by atoms with van der Waals surface area (Å²) in [4.78, 5) is 12.2. The third-order valence-corrected chi connectivity index (χ3v) is 4.05. The Labute approximate surface area is 119 Å². The smallest absolute Gasteiger partial charge is 0.223 e. The minimum atomic E-state index is -1.19. The van der Waals surface area contributed by atoms with Gasteiger partial charge in [-0.25, -0.2) is 0 Å². The zero-order valence-electron chi connectivity index (χ0n) is 12.1. The lowest BCUT2D eigenvalue weighted by molar-refractivity contribution is -0.128. The van der Waals surface area contributed by atoms with Crippen LogP contribution in [0.25, 0.3) is 0 Å². The average molecular weight is 281 g/mol. The van der Waals surface area contributed by atoms with Crippen molar-refractivity contribution >= 4 is 5.91 Å². The molecule has 0 bridgehead atoms. The summed E-state index contributed by atoms with van der Waals surface area (Å²) in [6.07, 6.45) is 3.35. The number of hydrogen-bond donors (Lipinski definition) is 2. The van der Waals surface area contributed by atoms with E-state index in [0.29, 0.717) is 11.7 Å². The van der Waals surface area contributed by atoms with Gasteiger partial charge in [0.05, 0.1) is 12.8 Å². The quantitative estimate of drug-likeness (QED) is 0.861. The predicted octanol–water partition coefficient (Wildman–Crippen LogP) is 1.67. The lowest BCUT2D eigenvalue weighted by atomic mass is 9.86. The first-order valence-corrected chi connectivity index (χ1v) is 7.12. The highest BCUT2D eigenvalue weighted by Gasteiger charge is 2.30. The molecule has 1 fully saturated rings. The van der Waals surface area contributed by atoms with Crippen LogP contribution in [0.15, 0.2) is 22.8 Å². The van der Waals surface area contributed by atoms with Crippen molar-refractivity contribution in [3.63, 3.8) is 0 Å². The summed E-state index contributed by atoms with van der Waals surface area (Å²) in [5, 5.41) is 13.1. The van der Waals surface area contributed by atoms with Gasteiger partial charge in [0.25, 0.3) is 0 Å². The summed E-state index contributed by atoms with van der Waals surface area (Å²) in [6.45, 7) is 5.17. The molecule has 0 radical (unpaired) electrons. The topological polar surface area (TPSA) is 71.7 Å². The number of aliphatic hydroxyl groups is 1. The van der Waals surface area contributed by atoms with E-state index < -0.39 is 5.60 Å². The lowest BCUT2D eigenvalue weighted by Crippen LogP contribution is -2.42. The average Bonchev–Trinajstić information content (AvgIpc) is 3.00. The van der Waals surface area contributed by atoms with E-state index in [2.05, 4.69) is 5.32 Å². The Kier molecular flexibility index (Phi) is 4.83. The van der Waals surface area contributed by atoms with Crippen LogP contribution >= 0.6 is 0 Å². The highest BCUT2D eigenvalue weighted by Crippen LogP contribution is 2.24. The SMILES string of the molecule is CC(C(=O)NCC(C)(O)c1ccco1)C1CCOCC1. The molecule has 1 aliphatic heterocycles. The maximum atomic E-state index is 12.2. The number of ether oxygens (including phenoxy) is 1. The van der Waals surface area contributed by atoms with Crippen molar-refractivity contribution in [3.8, 4) is 0 Å². The fourth-order valence-electron chi connectivity index (χ4n) is 2.52. The Morgan fingerprint density at radius 1 is 1.55 bits per heavy atom. The molecule has 2 N–H and O–H groups in total. The molecule has 20 heavy (non-hydrogen) atoms. The van der Waals surface area contributed by atoms with E-state index in [1.54, 1.807) is 19.1 Å². The monoisotopic (exact) mass is 281 g/mol. The van der Waals surface area contributed by atoms with Crippen LogP contribution in [0, 0.1) is 11.8 Å². The van der Waals surface area contributed by atoms with E-state index in [9.17, 15) is 9.90 Å². The number of furan rings is 1. The first-order valence-electron chi connectivity index (χ1n) is 7.12. The molecular weight excluding hydrogens is 258 g/mol. The molecule has 2 heterocycles. The van der Waals surface area contributed by atoms with E-state index >= 15 is 0 Å². The summed E-state index contributed by atoms with van der Waals surface area (Å²) in [7, 11) is 0. The molecule has 2 atom stereocenters. The molecule has 0 spiro atoms. The normalized spacial score (nSPS) is 21.1. The van der Waals surface area contributed by atoms with Crippen molar-refractivity contribution in [1.82, 2.24) is 5.32 Å². The second kappa shape index (κ2) is 6.41. The van der Waals surface area contributed by atoms with Gasteiger partial charge in [0, 0.05) is 19.1 Å². The zero-order chi connectivity index (χ0) is 14.6. The Hall–Kier alpha value is -1.33. The first-order chi connectivity index (χ1) is 9.50. The number of amides is 1. The predicted molar refractivity (Wildman–Crippen MR) is 74.0 cm³/mol. The van der Waals surface area contributed by atoms with Gasteiger partial charge in [0.2, 0.25) is 5.91 Å². The number of carbonyl (C=O) groups excluding carboxylic acids is 1. The lowest BCUT2D eigenvalue weighted by Gasteiger charge is -2.28. The fourth-order valence-corrected chi connectivity index (χ4v) is 2.52. The number of nitrogens with one attached hydrogen (secondary N) is 1. The highest BCUT2D eigenvalue weighted by atomic mass is 16.5. The molecule has 5 heteroatoms. The van der Waals surface area contributed by atoms with E-state index in [1.165, 1.54) is 6.26 Å². The summed E-state index contributed by atoms with van der Waals surface area (Å²) in [6, 6.07) is 3.42. The van der Waals surface area contributed by atoms with Crippen LogP contribution in [0.3, 0.4) is 0 Å². The van der Waals surface area contributed by atoms with E-state index in [-0.39, 0.29) is 18.4 Å². The van der Waals surface area contributed by atoms with Crippen LogP contribution < -0.4 is 5.32 Å². The molecule has 2 unspecified atom stereocenters. The Morgan fingerprint density at radius 2 is 2.25 bits per heavy atom. The van der Waals surface area contributed by atoms with Crippen LogP contribution in [-0.2, 0) is 15.1 Å². The number of carbonyl (C=O) groups is 1. The molecule has 0 saturated carbocycles. The van der Waals surface area contributed by atoms with Crippen molar-refractivity contribution < 1.29 is 19.1 Å². The van der Waals surface area contributed by atoms with Gasteiger partial charge in [-0.1, -0.05) is 6.92 Å². The van der Waals surface area contributed by atoms with Crippen molar-refractivity contribution in [1.29, 1.82) is 0 Å². The Morgan fingerprint density at radius 3 is 2.85 bits per heavy atom. The largest absolute Gasteiger partial charge is 0.466 e. The second-order valence-corrected chi connectivity index (χ2v) is 5.71. The standard InChI is InChI=1S/C15H23NO4/c1-11(12-5-8-19-9-6-12)14(17)16-10-15(2,18)13-4-3-7-20-13/h3-4,7,11-12,18H,5-6,8-10H2,1-2H3,(H,16,17). The molecule has 1 amide bonds. The minimum Gasteiger partial charge on any atom is -0.466 e. The summed E-state index contributed by atoms with van der Waals surface area (Å²) in [5.74, 6) is 0.726. The van der Waals surface area contributed by atoms with Crippen molar-refractivity contribution in [2.75, 3.05) is 19.8 Å². The van der Waals surface area contributed by atoms with Crippen LogP contribution in [0.5, 0.6) is 0 Å². The Balaban J connectivity index is 1.85. The van der Waals surface area contributed by atoms with E-state index in [0.717, 1.165) is 26.1 Å². The van der Waals surface area contributed by atoms with Gasteiger partial charge in [-0.3, -0.25) is 4.79 Å². The molecule has 0 aromatic carbocycles. The molecule has 2 rings (SSSR count). The summed E-state index contributed by atoms with van der Waals surface area (Å²) >= 11 is 0. The summed E-state index contributed by atoms with van der Waals surface area (Å²) in [5.41, 5.74) is -1.19.